The number of nitrogens with zero attached hydrogens (tertiary/aromatic N) is 1. The molecule has 0 spiro atoms. The van der Waals surface area contributed by atoms with E-state index in [-0.39, 0.29) is 24.2 Å². The van der Waals surface area contributed by atoms with Gasteiger partial charge in [-0.2, -0.15) is 0 Å². The van der Waals surface area contributed by atoms with Crippen LogP contribution in [0.5, 0.6) is 0 Å². The second-order valence-electron chi connectivity index (χ2n) is 5.87. The first-order valence-corrected chi connectivity index (χ1v) is 7.63. The summed E-state index contributed by atoms with van der Waals surface area (Å²) in [7, 11) is 0. The minimum Gasteiger partial charge on any atom is -0.408 e. The van der Waals surface area contributed by atoms with E-state index >= 15 is 0 Å². The second-order valence-corrected chi connectivity index (χ2v) is 5.87. The molecule has 6 heteroatoms. The predicted molar refractivity (Wildman–Crippen MR) is 89.6 cm³/mol. The summed E-state index contributed by atoms with van der Waals surface area (Å²) in [5.74, 6) is -1.08. The number of amides is 1. The van der Waals surface area contributed by atoms with Crippen LogP contribution in [0.4, 0.5) is 10.1 Å². The lowest BCUT2D eigenvalue weighted by Gasteiger charge is -2.07. The minimum absolute atomic E-state index is 0.0211. The van der Waals surface area contributed by atoms with Gasteiger partial charge in [0.05, 0.1) is 11.9 Å². The molecule has 1 amide bonds. The maximum atomic E-state index is 13.1. The quantitative estimate of drug-likeness (QED) is 0.797. The van der Waals surface area contributed by atoms with Crippen molar-refractivity contribution < 1.29 is 13.6 Å². The van der Waals surface area contributed by atoms with Crippen LogP contribution in [-0.2, 0) is 11.2 Å². The van der Waals surface area contributed by atoms with Gasteiger partial charge in [-0.1, -0.05) is 12.1 Å². The zero-order valence-corrected chi connectivity index (χ0v) is 13.4. The van der Waals surface area contributed by atoms with Gasteiger partial charge in [0.15, 0.2) is 5.58 Å². The highest BCUT2D eigenvalue weighted by atomic mass is 19.1. The van der Waals surface area contributed by atoms with E-state index in [4.69, 9.17) is 4.42 Å². The molecule has 1 aromatic heterocycles. The average Bonchev–Trinajstić information content (AvgIpc) is 2.82. The highest BCUT2D eigenvalue weighted by Gasteiger charge is 2.13. The van der Waals surface area contributed by atoms with E-state index in [9.17, 15) is 14.0 Å². The zero-order valence-electron chi connectivity index (χ0n) is 13.4. The molecule has 0 bridgehead atoms. The molecule has 3 rings (SSSR count). The molecule has 0 aliphatic carbocycles. The summed E-state index contributed by atoms with van der Waals surface area (Å²) in [6.07, 6.45) is 0.0623. The lowest BCUT2D eigenvalue weighted by Crippen LogP contribution is -2.16. The molecule has 0 aliphatic rings. The molecular formula is C18H17FN2O3. The monoisotopic (exact) mass is 328 g/mol. The number of aromatic nitrogens is 1. The van der Waals surface area contributed by atoms with Gasteiger partial charge >= 0.3 is 5.76 Å². The van der Waals surface area contributed by atoms with E-state index < -0.39 is 5.76 Å². The van der Waals surface area contributed by atoms with E-state index in [1.807, 2.05) is 13.8 Å². The van der Waals surface area contributed by atoms with Crippen LogP contribution < -0.4 is 11.1 Å². The molecule has 0 radical (unpaired) electrons. The van der Waals surface area contributed by atoms with Crippen LogP contribution in [0.2, 0.25) is 0 Å². The van der Waals surface area contributed by atoms with Crippen LogP contribution in [0.15, 0.2) is 51.7 Å². The number of fused-ring (bicyclic) bond motifs is 1. The Morgan fingerprint density at radius 3 is 2.75 bits per heavy atom. The van der Waals surface area contributed by atoms with Crippen LogP contribution >= 0.6 is 0 Å². The third kappa shape index (κ3) is 3.22. The number of oxazole rings is 1. The van der Waals surface area contributed by atoms with Crippen LogP contribution in [0.1, 0.15) is 25.5 Å². The largest absolute Gasteiger partial charge is 0.420 e. The maximum absolute atomic E-state index is 13.1. The summed E-state index contributed by atoms with van der Waals surface area (Å²) in [4.78, 5) is 23.9. The number of nitrogens with one attached hydrogen (secondary N) is 1. The molecule has 0 aliphatic heterocycles. The lowest BCUT2D eigenvalue weighted by atomic mass is 10.1. The first kappa shape index (κ1) is 16.0. The fraction of sp³-hybridized carbons (Fsp3) is 0.222. The molecule has 24 heavy (non-hydrogen) atoms. The Hall–Kier alpha value is -2.89. The Balaban J connectivity index is 1.80. The number of hydrogen-bond donors (Lipinski definition) is 1. The fourth-order valence-corrected chi connectivity index (χ4v) is 2.64. The van der Waals surface area contributed by atoms with Crippen molar-refractivity contribution in [3.05, 3.63) is 64.4 Å². The zero-order chi connectivity index (χ0) is 17.3. The van der Waals surface area contributed by atoms with E-state index in [0.29, 0.717) is 22.4 Å². The van der Waals surface area contributed by atoms with E-state index in [1.165, 1.54) is 12.1 Å². The standard InChI is InChI=1S/C18H17FN2O3/c1-11(2)21-15-7-6-14(10-16(15)24-18(21)23)20-17(22)9-12-4-3-5-13(19)8-12/h3-8,10-11H,9H2,1-2H3,(H,20,22). The Morgan fingerprint density at radius 2 is 2.04 bits per heavy atom. The van der Waals surface area contributed by atoms with Crippen molar-refractivity contribution in [3.8, 4) is 0 Å². The highest BCUT2D eigenvalue weighted by molar-refractivity contribution is 5.94. The normalized spacial score (nSPS) is 11.2. The number of benzene rings is 2. The Labute approximate surface area is 137 Å². The van der Waals surface area contributed by atoms with Gasteiger partial charge in [0.1, 0.15) is 5.82 Å². The Kier molecular flexibility index (Phi) is 4.20. The van der Waals surface area contributed by atoms with Crippen molar-refractivity contribution in [1.29, 1.82) is 0 Å². The van der Waals surface area contributed by atoms with Crippen molar-refractivity contribution in [2.75, 3.05) is 5.32 Å². The van der Waals surface area contributed by atoms with E-state index in [1.54, 1.807) is 34.9 Å². The SMILES string of the molecule is CC(C)n1c(=O)oc2cc(NC(=O)Cc3cccc(F)c3)ccc21. The molecule has 2 aromatic carbocycles. The van der Waals surface area contributed by atoms with Crippen LogP contribution in [0.25, 0.3) is 11.1 Å². The Morgan fingerprint density at radius 1 is 1.25 bits per heavy atom. The summed E-state index contributed by atoms with van der Waals surface area (Å²) in [5.41, 5.74) is 2.20. The molecular weight excluding hydrogens is 311 g/mol. The smallest absolute Gasteiger partial charge is 0.408 e. The summed E-state index contributed by atoms with van der Waals surface area (Å²) < 4.78 is 19.9. The summed E-state index contributed by atoms with van der Waals surface area (Å²) in [5, 5.41) is 2.73. The first-order chi connectivity index (χ1) is 11.4. The minimum atomic E-state index is -0.428. The maximum Gasteiger partial charge on any atom is 0.420 e. The third-order valence-electron chi connectivity index (χ3n) is 3.67. The van der Waals surface area contributed by atoms with Crippen LogP contribution in [0, 0.1) is 5.82 Å². The summed E-state index contributed by atoms with van der Waals surface area (Å²) in [6, 6.07) is 10.9. The molecule has 1 heterocycles. The van der Waals surface area contributed by atoms with E-state index in [0.717, 1.165) is 0 Å². The van der Waals surface area contributed by atoms with Gasteiger partial charge in [0, 0.05) is 17.8 Å². The van der Waals surface area contributed by atoms with Gasteiger partial charge < -0.3 is 9.73 Å². The number of rotatable bonds is 4. The van der Waals surface area contributed by atoms with Crippen molar-refractivity contribution in [1.82, 2.24) is 4.57 Å². The van der Waals surface area contributed by atoms with Crippen molar-refractivity contribution in [2.24, 2.45) is 0 Å². The van der Waals surface area contributed by atoms with E-state index in [2.05, 4.69) is 5.32 Å². The highest BCUT2D eigenvalue weighted by Crippen LogP contribution is 2.21. The van der Waals surface area contributed by atoms with Gasteiger partial charge in [-0.3, -0.25) is 9.36 Å². The van der Waals surface area contributed by atoms with Crippen molar-refractivity contribution in [3.63, 3.8) is 0 Å². The molecule has 5 nitrogen and oxygen atoms in total. The number of carbonyl (C=O) groups is 1. The van der Waals surface area contributed by atoms with Gasteiger partial charge in [0.2, 0.25) is 5.91 Å². The summed E-state index contributed by atoms with van der Waals surface area (Å²) >= 11 is 0. The van der Waals surface area contributed by atoms with Gasteiger partial charge in [0.25, 0.3) is 0 Å². The average molecular weight is 328 g/mol. The van der Waals surface area contributed by atoms with Gasteiger partial charge in [-0.05, 0) is 43.7 Å². The third-order valence-corrected chi connectivity index (χ3v) is 3.67. The lowest BCUT2D eigenvalue weighted by molar-refractivity contribution is -0.115. The number of halogens is 1. The molecule has 0 unspecified atom stereocenters. The van der Waals surface area contributed by atoms with Gasteiger partial charge in [-0.25, -0.2) is 9.18 Å². The molecule has 0 saturated carbocycles. The predicted octanol–water partition coefficient (Wildman–Crippen LogP) is 3.50. The molecule has 0 saturated heterocycles. The second kappa shape index (κ2) is 6.31. The Bertz CT molecular complexity index is 956. The summed E-state index contributed by atoms with van der Waals surface area (Å²) in [6.45, 7) is 3.79. The number of carbonyl (C=O) groups excluding carboxylic acids is 1. The number of hydrogen-bond acceptors (Lipinski definition) is 3. The molecule has 0 atom stereocenters. The first-order valence-electron chi connectivity index (χ1n) is 7.63. The van der Waals surface area contributed by atoms with Crippen LogP contribution in [-0.4, -0.2) is 10.5 Å². The van der Waals surface area contributed by atoms with Crippen molar-refractivity contribution >= 4 is 22.7 Å². The fourth-order valence-electron chi connectivity index (χ4n) is 2.64. The van der Waals surface area contributed by atoms with Crippen LogP contribution in [0.3, 0.4) is 0 Å². The molecule has 3 aromatic rings. The molecule has 1 N–H and O–H groups in total. The molecule has 124 valence electrons. The topological polar surface area (TPSA) is 64.2 Å². The number of anilines is 1. The van der Waals surface area contributed by atoms with Gasteiger partial charge in [-0.15, -0.1) is 0 Å². The van der Waals surface area contributed by atoms with Crippen molar-refractivity contribution in [2.45, 2.75) is 26.3 Å². The molecule has 0 fully saturated rings.